The summed E-state index contributed by atoms with van der Waals surface area (Å²) in [7, 11) is 0. The molecule has 0 saturated heterocycles. The Kier molecular flexibility index (Phi) is 5.43. The highest BCUT2D eigenvalue weighted by Crippen LogP contribution is 2.32. The number of hydrogen-bond acceptors (Lipinski definition) is 6. The minimum absolute atomic E-state index is 0.130. The van der Waals surface area contributed by atoms with Gasteiger partial charge in [0.25, 0.3) is 5.91 Å². The highest BCUT2D eigenvalue weighted by molar-refractivity contribution is 8.00. The molecular formula is C17H14ClN3O4S. The Morgan fingerprint density at radius 2 is 2.19 bits per heavy atom. The standard InChI is InChI=1S/C17H14ClN3O4S/c1-9(16(23)21-11-3-2-6-19-15(11)18)25-17(24)10-4-5-13-12(7-10)20-14(22)8-26-13/h2-7,9H,8H2,1H3,(H,20,22)(H,21,23). The van der Waals surface area contributed by atoms with E-state index in [1.54, 1.807) is 24.3 Å². The number of ether oxygens (including phenoxy) is 1. The molecule has 1 aromatic carbocycles. The zero-order valence-electron chi connectivity index (χ0n) is 13.6. The Bertz CT molecular complexity index is 890. The summed E-state index contributed by atoms with van der Waals surface area (Å²) in [6, 6.07) is 8.07. The predicted molar refractivity (Wildman–Crippen MR) is 98.5 cm³/mol. The number of thioether (sulfide) groups is 1. The number of nitrogens with one attached hydrogen (secondary N) is 2. The summed E-state index contributed by atoms with van der Waals surface area (Å²) in [5, 5.41) is 5.39. The van der Waals surface area contributed by atoms with Crippen molar-refractivity contribution in [1.82, 2.24) is 4.98 Å². The van der Waals surface area contributed by atoms with Crippen LogP contribution >= 0.6 is 23.4 Å². The molecule has 0 fully saturated rings. The maximum absolute atomic E-state index is 12.3. The number of esters is 1. The van der Waals surface area contributed by atoms with Gasteiger partial charge in [0.05, 0.1) is 22.7 Å². The lowest BCUT2D eigenvalue weighted by molar-refractivity contribution is -0.123. The quantitative estimate of drug-likeness (QED) is 0.614. The number of fused-ring (bicyclic) bond motifs is 1. The van der Waals surface area contributed by atoms with Crippen LogP contribution in [-0.4, -0.2) is 34.6 Å². The number of carbonyl (C=O) groups excluding carboxylic acids is 3. The van der Waals surface area contributed by atoms with Crippen LogP contribution in [0.2, 0.25) is 5.15 Å². The average molecular weight is 392 g/mol. The first-order valence-corrected chi connectivity index (χ1v) is 8.99. The predicted octanol–water partition coefficient (Wildman–Crippen LogP) is 2.96. The first-order chi connectivity index (χ1) is 12.4. The highest BCUT2D eigenvalue weighted by Gasteiger charge is 2.22. The van der Waals surface area contributed by atoms with Crippen LogP contribution in [-0.2, 0) is 14.3 Å². The Morgan fingerprint density at radius 3 is 2.96 bits per heavy atom. The van der Waals surface area contributed by atoms with Crippen molar-refractivity contribution in [2.24, 2.45) is 0 Å². The van der Waals surface area contributed by atoms with Gasteiger partial charge in [0.15, 0.2) is 11.3 Å². The van der Waals surface area contributed by atoms with Crippen molar-refractivity contribution < 1.29 is 19.1 Å². The smallest absolute Gasteiger partial charge is 0.338 e. The highest BCUT2D eigenvalue weighted by atomic mass is 35.5. The molecular weight excluding hydrogens is 378 g/mol. The third kappa shape index (κ3) is 4.14. The molecule has 1 atom stereocenters. The minimum Gasteiger partial charge on any atom is -0.449 e. The number of nitrogens with zero attached hydrogens (tertiary/aromatic N) is 1. The van der Waals surface area contributed by atoms with Crippen LogP contribution in [0.4, 0.5) is 11.4 Å². The summed E-state index contributed by atoms with van der Waals surface area (Å²) < 4.78 is 5.19. The number of aromatic nitrogens is 1. The van der Waals surface area contributed by atoms with Crippen molar-refractivity contribution >= 4 is 52.5 Å². The van der Waals surface area contributed by atoms with Crippen LogP contribution in [0.1, 0.15) is 17.3 Å². The van der Waals surface area contributed by atoms with Gasteiger partial charge in [0.1, 0.15) is 0 Å². The number of amides is 2. The maximum atomic E-state index is 12.3. The van der Waals surface area contributed by atoms with E-state index in [2.05, 4.69) is 15.6 Å². The molecule has 0 saturated carbocycles. The molecule has 134 valence electrons. The lowest BCUT2D eigenvalue weighted by atomic mass is 10.2. The molecule has 9 heteroatoms. The number of pyridine rings is 1. The van der Waals surface area contributed by atoms with Crippen LogP contribution in [0.25, 0.3) is 0 Å². The number of hydrogen-bond donors (Lipinski definition) is 2. The van der Waals surface area contributed by atoms with Gasteiger partial charge in [-0.05, 0) is 37.3 Å². The molecule has 2 heterocycles. The summed E-state index contributed by atoms with van der Waals surface area (Å²) in [5.41, 5.74) is 1.13. The molecule has 7 nitrogen and oxygen atoms in total. The van der Waals surface area contributed by atoms with E-state index < -0.39 is 18.0 Å². The normalized spacial score (nSPS) is 14.0. The van der Waals surface area contributed by atoms with Crippen LogP contribution < -0.4 is 10.6 Å². The third-order valence-corrected chi connectivity index (χ3v) is 4.89. The monoisotopic (exact) mass is 391 g/mol. The van der Waals surface area contributed by atoms with E-state index in [0.717, 1.165) is 4.90 Å². The van der Waals surface area contributed by atoms with E-state index in [1.165, 1.54) is 30.9 Å². The first-order valence-electron chi connectivity index (χ1n) is 7.63. The van der Waals surface area contributed by atoms with E-state index in [1.807, 2.05) is 0 Å². The number of benzene rings is 1. The van der Waals surface area contributed by atoms with Gasteiger partial charge in [-0.1, -0.05) is 11.6 Å². The van der Waals surface area contributed by atoms with Crippen molar-refractivity contribution in [2.45, 2.75) is 17.9 Å². The number of anilines is 2. The minimum atomic E-state index is -1.04. The number of rotatable bonds is 4. The molecule has 0 radical (unpaired) electrons. The van der Waals surface area contributed by atoms with Gasteiger partial charge in [0.2, 0.25) is 5.91 Å². The SMILES string of the molecule is CC(OC(=O)c1ccc2c(c1)NC(=O)CS2)C(=O)Nc1cccnc1Cl. The zero-order valence-corrected chi connectivity index (χ0v) is 15.2. The second-order valence-electron chi connectivity index (χ2n) is 5.43. The first kappa shape index (κ1) is 18.2. The molecule has 0 aliphatic carbocycles. The van der Waals surface area contributed by atoms with Crippen LogP contribution in [0.15, 0.2) is 41.4 Å². The second-order valence-corrected chi connectivity index (χ2v) is 6.80. The molecule has 3 rings (SSSR count). The second kappa shape index (κ2) is 7.76. The molecule has 2 N–H and O–H groups in total. The fourth-order valence-corrected chi connectivity index (χ4v) is 3.16. The molecule has 1 aliphatic rings. The Hall–Kier alpha value is -2.58. The molecule has 0 bridgehead atoms. The van der Waals surface area contributed by atoms with E-state index in [-0.39, 0.29) is 16.6 Å². The number of halogens is 1. The van der Waals surface area contributed by atoms with Crippen molar-refractivity contribution in [3.63, 3.8) is 0 Å². The van der Waals surface area contributed by atoms with Crippen molar-refractivity contribution in [3.8, 4) is 0 Å². The average Bonchev–Trinajstić information content (AvgIpc) is 2.62. The summed E-state index contributed by atoms with van der Waals surface area (Å²) in [5.74, 6) is -0.994. The van der Waals surface area contributed by atoms with Gasteiger partial charge in [-0.15, -0.1) is 11.8 Å². The lowest BCUT2D eigenvalue weighted by Crippen LogP contribution is -2.30. The van der Waals surface area contributed by atoms with Gasteiger partial charge in [-0.25, -0.2) is 9.78 Å². The molecule has 2 aromatic rings. The van der Waals surface area contributed by atoms with Gasteiger partial charge in [-0.3, -0.25) is 9.59 Å². The fourth-order valence-electron chi connectivity index (χ4n) is 2.21. The summed E-state index contributed by atoms with van der Waals surface area (Å²) in [4.78, 5) is 40.6. The molecule has 1 aliphatic heterocycles. The Balaban J connectivity index is 1.65. The van der Waals surface area contributed by atoms with Gasteiger partial charge >= 0.3 is 5.97 Å². The van der Waals surface area contributed by atoms with Crippen LogP contribution in [0, 0.1) is 0 Å². The third-order valence-electron chi connectivity index (χ3n) is 3.52. The van der Waals surface area contributed by atoms with E-state index in [9.17, 15) is 14.4 Å². The Morgan fingerprint density at radius 1 is 1.38 bits per heavy atom. The van der Waals surface area contributed by atoms with Crippen molar-refractivity contribution in [3.05, 3.63) is 47.2 Å². The summed E-state index contributed by atoms with van der Waals surface area (Å²) >= 11 is 7.28. The van der Waals surface area contributed by atoms with E-state index >= 15 is 0 Å². The van der Waals surface area contributed by atoms with E-state index in [4.69, 9.17) is 16.3 Å². The van der Waals surface area contributed by atoms with Gasteiger partial charge in [-0.2, -0.15) is 0 Å². The molecule has 1 aromatic heterocycles. The van der Waals surface area contributed by atoms with Crippen LogP contribution in [0.3, 0.4) is 0 Å². The summed E-state index contributed by atoms with van der Waals surface area (Å²) in [6.07, 6.45) is 0.452. The molecule has 2 amide bonds. The van der Waals surface area contributed by atoms with Gasteiger partial charge in [0, 0.05) is 11.1 Å². The number of carbonyl (C=O) groups is 3. The largest absolute Gasteiger partial charge is 0.449 e. The topological polar surface area (TPSA) is 97.4 Å². The van der Waals surface area contributed by atoms with Crippen LogP contribution in [0.5, 0.6) is 0 Å². The fraction of sp³-hybridized carbons (Fsp3) is 0.176. The summed E-state index contributed by atoms with van der Waals surface area (Å²) in [6.45, 7) is 1.45. The van der Waals surface area contributed by atoms with Crippen molar-refractivity contribution in [2.75, 3.05) is 16.4 Å². The van der Waals surface area contributed by atoms with Gasteiger partial charge < -0.3 is 15.4 Å². The molecule has 0 spiro atoms. The van der Waals surface area contributed by atoms with Crippen molar-refractivity contribution in [1.29, 1.82) is 0 Å². The maximum Gasteiger partial charge on any atom is 0.338 e. The molecule has 1 unspecified atom stereocenters. The lowest BCUT2D eigenvalue weighted by Gasteiger charge is -2.18. The Labute approximate surface area is 158 Å². The molecule has 26 heavy (non-hydrogen) atoms. The zero-order chi connectivity index (χ0) is 18.7. The van der Waals surface area contributed by atoms with E-state index in [0.29, 0.717) is 17.1 Å².